The van der Waals surface area contributed by atoms with Gasteiger partial charge in [-0.15, -0.1) is 0 Å². The summed E-state index contributed by atoms with van der Waals surface area (Å²) in [7, 11) is 0. The first kappa shape index (κ1) is 9.39. The fraction of sp³-hybridized carbons (Fsp3) is 0.333. The van der Waals surface area contributed by atoms with Gasteiger partial charge in [-0.3, -0.25) is 4.79 Å². The number of aryl methyl sites for hydroxylation is 1. The molecule has 0 saturated carbocycles. The lowest BCUT2D eigenvalue weighted by Gasteiger charge is -2.13. The first-order valence-corrected chi connectivity index (χ1v) is 5.49. The zero-order valence-electron chi connectivity index (χ0n) is 8.82. The van der Waals surface area contributed by atoms with Crippen molar-refractivity contribution >= 4 is 0 Å². The third-order valence-corrected chi connectivity index (χ3v) is 2.99. The average molecular weight is 216 g/mol. The Morgan fingerprint density at radius 3 is 3.00 bits per heavy atom. The zero-order valence-corrected chi connectivity index (χ0v) is 8.82. The highest BCUT2D eigenvalue weighted by molar-refractivity contribution is 5.52. The highest BCUT2D eigenvalue weighted by atomic mass is 16.3. The van der Waals surface area contributed by atoms with E-state index in [0.29, 0.717) is 5.82 Å². The number of aromatic nitrogens is 2. The molecule has 2 aromatic rings. The van der Waals surface area contributed by atoms with Gasteiger partial charge in [0.2, 0.25) is 0 Å². The van der Waals surface area contributed by atoms with Crippen LogP contribution in [0.25, 0.3) is 11.4 Å². The van der Waals surface area contributed by atoms with Gasteiger partial charge in [0.05, 0.1) is 17.5 Å². The van der Waals surface area contributed by atoms with E-state index in [1.54, 1.807) is 18.6 Å². The molecule has 0 aromatic carbocycles. The van der Waals surface area contributed by atoms with Crippen LogP contribution in [0.4, 0.5) is 0 Å². The smallest absolute Gasteiger partial charge is 0.254 e. The van der Waals surface area contributed by atoms with Crippen LogP contribution in [0.15, 0.2) is 27.8 Å². The van der Waals surface area contributed by atoms with E-state index in [0.717, 1.165) is 42.5 Å². The number of nitrogens with zero attached hydrogens (tertiary/aromatic N) is 1. The van der Waals surface area contributed by atoms with Gasteiger partial charge in [-0.25, -0.2) is 4.98 Å². The summed E-state index contributed by atoms with van der Waals surface area (Å²) < 4.78 is 4.99. The molecular formula is C12H12N2O2. The maximum atomic E-state index is 11.9. The minimum absolute atomic E-state index is 0.000833. The van der Waals surface area contributed by atoms with Crippen molar-refractivity contribution in [1.82, 2.24) is 9.97 Å². The van der Waals surface area contributed by atoms with Gasteiger partial charge in [0.15, 0.2) is 0 Å². The molecule has 0 aliphatic heterocycles. The van der Waals surface area contributed by atoms with E-state index in [9.17, 15) is 4.79 Å². The summed E-state index contributed by atoms with van der Waals surface area (Å²) >= 11 is 0. The normalized spacial score (nSPS) is 14.8. The number of furan rings is 1. The molecule has 4 nitrogen and oxygen atoms in total. The van der Waals surface area contributed by atoms with Crippen LogP contribution < -0.4 is 5.56 Å². The van der Waals surface area contributed by atoms with Gasteiger partial charge in [-0.1, -0.05) is 0 Å². The Balaban J connectivity index is 2.16. The molecule has 0 bridgehead atoms. The molecule has 1 aliphatic rings. The van der Waals surface area contributed by atoms with Gasteiger partial charge >= 0.3 is 0 Å². The van der Waals surface area contributed by atoms with Gasteiger partial charge in [-0.2, -0.15) is 0 Å². The van der Waals surface area contributed by atoms with E-state index >= 15 is 0 Å². The Labute approximate surface area is 92.3 Å². The SMILES string of the molecule is O=c1[nH]c(-c2ccoc2)nc2c1CCCC2. The second kappa shape index (κ2) is 3.63. The van der Waals surface area contributed by atoms with E-state index in [2.05, 4.69) is 9.97 Å². The predicted octanol–water partition coefficient (Wildman–Crippen LogP) is 1.91. The molecule has 16 heavy (non-hydrogen) atoms. The van der Waals surface area contributed by atoms with E-state index in [4.69, 9.17) is 4.42 Å². The molecule has 4 heteroatoms. The fourth-order valence-electron chi connectivity index (χ4n) is 2.14. The Morgan fingerprint density at radius 2 is 2.19 bits per heavy atom. The molecule has 3 rings (SSSR count). The number of H-pyrrole nitrogens is 1. The van der Waals surface area contributed by atoms with Gasteiger partial charge in [0.1, 0.15) is 12.1 Å². The Morgan fingerprint density at radius 1 is 1.31 bits per heavy atom. The summed E-state index contributed by atoms with van der Waals surface area (Å²) in [6, 6.07) is 1.80. The highest BCUT2D eigenvalue weighted by Gasteiger charge is 2.16. The molecule has 0 unspecified atom stereocenters. The van der Waals surface area contributed by atoms with Crippen molar-refractivity contribution < 1.29 is 4.42 Å². The second-order valence-corrected chi connectivity index (χ2v) is 4.06. The molecule has 2 heterocycles. The molecule has 0 amide bonds. The van der Waals surface area contributed by atoms with E-state index < -0.39 is 0 Å². The Kier molecular flexibility index (Phi) is 2.13. The van der Waals surface area contributed by atoms with Crippen LogP contribution in [-0.2, 0) is 12.8 Å². The molecule has 0 saturated heterocycles. The van der Waals surface area contributed by atoms with E-state index in [-0.39, 0.29) is 5.56 Å². The van der Waals surface area contributed by atoms with Gasteiger partial charge in [0.25, 0.3) is 5.56 Å². The molecule has 0 radical (unpaired) electrons. The lowest BCUT2D eigenvalue weighted by atomic mass is 9.97. The monoisotopic (exact) mass is 216 g/mol. The molecular weight excluding hydrogens is 204 g/mol. The van der Waals surface area contributed by atoms with Crippen molar-refractivity contribution in [2.45, 2.75) is 25.7 Å². The average Bonchev–Trinajstić information content (AvgIpc) is 2.82. The van der Waals surface area contributed by atoms with Crippen molar-refractivity contribution in [2.24, 2.45) is 0 Å². The maximum Gasteiger partial charge on any atom is 0.254 e. The largest absolute Gasteiger partial charge is 0.472 e. The summed E-state index contributed by atoms with van der Waals surface area (Å²) in [5.74, 6) is 0.611. The number of fused-ring (bicyclic) bond motifs is 1. The molecule has 0 spiro atoms. The zero-order chi connectivity index (χ0) is 11.0. The van der Waals surface area contributed by atoms with Crippen molar-refractivity contribution in [3.8, 4) is 11.4 Å². The van der Waals surface area contributed by atoms with Crippen LogP contribution in [0.1, 0.15) is 24.1 Å². The third kappa shape index (κ3) is 1.46. The summed E-state index contributed by atoms with van der Waals surface area (Å²) in [6.07, 6.45) is 7.13. The number of rotatable bonds is 1. The van der Waals surface area contributed by atoms with Crippen molar-refractivity contribution in [2.75, 3.05) is 0 Å². The van der Waals surface area contributed by atoms with Gasteiger partial charge in [0, 0.05) is 5.56 Å². The highest BCUT2D eigenvalue weighted by Crippen LogP contribution is 2.19. The quantitative estimate of drug-likeness (QED) is 0.792. The predicted molar refractivity (Wildman–Crippen MR) is 59.2 cm³/mol. The van der Waals surface area contributed by atoms with Gasteiger partial charge < -0.3 is 9.40 Å². The number of hydrogen-bond acceptors (Lipinski definition) is 3. The van der Waals surface area contributed by atoms with Gasteiger partial charge in [-0.05, 0) is 31.7 Å². The second-order valence-electron chi connectivity index (χ2n) is 4.06. The summed E-state index contributed by atoms with van der Waals surface area (Å²) in [6.45, 7) is 0. The van der Waals surface area contributed by atoms with E-state index in [1.165, 1.54) is 0 Å². The molecule has 82 valence electrons. The van der Waals surface area contributed by atoms with Crippen LogP contribution in [0, 0.1) is 0 Å². The molecule has 0 atom stereocenters. The molecule has 2 aromatic heterocycles. The fourth-order valence-corrected chi connectivity index (χ4v) is 2.14. The molecule has 1 aliphatic carbocycles. The maximum absolute atomic E-state index is 11.9. The molecule has 0 fully saturated rings. The van der Waals surface area contributed by atoms with Crippen molar-refractivity contribution in [1.29, 1.82) is 0 Å². The Hall–Kier alpha value is -1.84. The van der Waals surface area contributed by atoms with Crippen molar-refractivity contribution in [3.05, 3.63) is 40.2 Å². The lowest BCUT2D eigenvalue weighted by molar-refractivity contribution is 0.567. The van der Waals surface area contributed by atoms with Crippen molar-refractivity contribution in [3.63, 3.8) is 0 Å². The number of hydrogen-bond donors (Lipinski definition) is 1. The minimum atomic E-state index is 0.000833. The topological polar surface area (TPSA) is 58.9 Å². The van der Waals surface area contributed by atoms with Crippen LogP contribution in [-0.4, -0.2) is 9.97 Å². The molecule has 1 N–H and O–H groups in total. The third-order valence-electron chi connectivity index (χ3n) is 2.99. The van der Waals surface area contributed by atoms with Crippen LogP contribution >= 0.6 is 0 Å². The Bertz CT molecular complexity index is 555. The number of nitrogens with one attached hydrogen (secondary N) is 1. The summed E-state index contributed by atoms with van der Waals surface area (Å²) in [5.41, 5.74) is 2.64. The standard InChI is InChI=1S/C12H12N2O2/c15-12-9-3-1-2-4-10(9)13-11(14-12)8-5-6-16-7-8/h5-7H,1-4H2,(H,13,14,15). The van der Waals surface area contributed by atoms with Crippen LogP contribution in [0.5, 0.6) is 0 Å². The lowest BCUT2D eigenvalue weighted by Crippen LogP contribution is -2.21. The van der Waals surface area contributed by atoms with Crippen LogP contribution in [0.3, 0.4) is 0 Å². The number of aromatic amines is 1. The summed E-state index contributed by atoms with van der Waals surface area (Å²) in [4.78, 5) is 19.2. The first-order chi connectivity index (χ1) is 7.84. The minimum Gasteiger partial charge on any atom is -0.472 e. The van der Waals surface area contributed by atoms with E-state index in [1.807, 2.05) is 0 Å². The first-order valence-electron chi connectivity index (χ1n) is 5.49. The van der Waals surface area contributed by atoms with Crippen LogP contribution in [0.2, 0.25) is 0 Å². The summed E-state index contributed by atoms with van der Waals surface area (Å²) in [5, 5.41) is 0.